The fourth-order valence-corrected chi connectivity index (χ4v) is 3.21. The first kappa shape index (κ1) is 18.9. The molecule has 1 N–H and O–H groups in total. The quantitative estimate of drug-likeness (QED) is 0.702. The van der Waals surface area contributed by atoms with E-state index in [9.17, 15) is 4.79 Å². The van der Waals surface area contributed by atoms with E-state index in [4.69, 9.17) is 4.74 Å². The Kier molecular flexibility index (Phi) is 5.75. The highest BCUT2D eigenvalue weighted by molar-refractivity contribution is 5.86. The van der Waals surface area contributed by atoms with Gasteiger partial charge in [0.05, 0.1) is 18.0 Å². The Balaban J connectivity index is 1.65. The number of para-hydroxylation sites is 1. The fourth-order valence-electron chi connectivity index (χ4n) is 3.21. The Labute approximate surface area is 160 Å². The summed E-state index contributed by atoms with van der Waals surface area (Å²) in [6, 6.07) is 15.9. The van der Waals surface area contributed by atoms with Crippen molar-refractivity contribution in [1.29, 1.82) is 0 Å². The summed E-state index contributed by atoms with van der Waals surface area (Å²) in [5.74, 6) is 0.842. The molecular weight excluding hydrogens is 336 g/mol. The van der Waals surface area contributed by atoms with Crippen molar-refractivity contribution in [2.45, 2.75) is 46.8 Å². The molecule has 140 valence electrons. The molecule has 27 heavy (non-hydrogen) atoms. The maximum atomic E-state index is 12.5. The monoisotopic (exact) mass is 362 g/mol. The molecule has 0 spiro atoms. The number of carbonyl (C=O) groups is 1. The molecule has 0 saturated carbocycles. The molecule has 0 radical (unpaired) electrons. The smallest absolute Gasteiger partial charge is 0.224 e. The molecule has 0 aliphatic carbocycles. The number of benzene rings is 2. The van der Waals surface area contributed by atoms with Crippen LogP contribution < -0.4 is 10.1 Å². The van der Waals surface area contributed by atoms with Gasteiger partial charge < -0.3 is 10.1 Å². The molecule has 2 aromatic carbocycles. The number of nitrogens with one attached hydrogen (secondary N) is 1. The Morgan fingerprint density at radius 2 is 1.78 bits per heavy atom. The number of ether oxygens (including phenoxy) is 1. The lowest BCUT2D eigenvalue weighted by atomic mass is 9.99. The number of carbonyl (C=O) groups excluding carboxylic acids is 1. The Bertz CT molecular complexity index is 946. The Morgan fingerprint density at radius 1 is 1.07 bits per heavy atom. The first-order valence-electron chi connectivity index (χ1n) is 9.31. The van der Waals surface area contributed by atoms with Crippen LogP contribution in [-0.2, 0) is 17.8 Å². The average Bonchev–Trinajstić information content (AvgIpc) is 2.64. The SMILES string of the molecule is Cc1nc2ccccc2c(C)c1CC(=O)NCc1ccc(OC(C)C)cc1. The zero-order valence-corrected chi connectivity index (χ0v) is 16.4. The number of hydrogen-bond donors (Lipinski definition) is 1. The van der Waals surface area contributed by atoms with Crippen LogP contribution in [0.2, 0.25) is 0 Å². The van der Waals surface area contributed by atoms with E-state index in [1.54, 1.807) is 0 Å². The van der Waals surface area contributed by atoms with Crippen LogP contribution in [0.1, 0.15) is 36.2 Å². The number of nitrogens with zero attached hydrogens (tertiary/aromatic N) is 1. The van der Waals surface area contributed by atoms with Crippen LogP contribution in [0.4, 0.5) is 0 Å². The van der Waals surface area contributed by atoms with Crippen molar-refractivity contribution < 1.29 is 9.53 Å². The molecule has 0 bridgehead atoms. The Hall–Kier alpha value is -2.88. The zero-order valence-electron chi connectivity index (χ0n) is 16.4. The van der Waals surface area contributed by atoms with E-state index in [1.165, 1.54) is 0 Å². The van der Waals surface area contributed by atoms with Crippen LogP contribution in [0.15, 0.2) is 48.5 Å². The number of amides is 1. The third-order valence-electron chi connectivity index (χ3n) is 4.61. The van der Waals surface area contributed by atoms with Gasteiger partial charge in [0.15, 0.2) is 0 Å². The van der Waals surface area contributed by atoms with E-state index in [0.717, 1.165) is 39.0 Å². The van der Waals surface area contributed by atoms with Gasteiger partial charge in [-0.15, -0.1) is 0 Å². The molecule has 4 heteroatoms. The lowest BCUT2D eigenvalue weighted by Gasteiger charge is -2.13. The first-order valence-corrected chi connectivity index (χ1v) is 9.31. The van der Waals surface area contributed by atoms with Crippen molar-refractivity contribution >= 4 is 16.8 Å². The van der Waals surface area contributed by atoms with Crippen molar-refractivity contribution in [1.82, 2.24) is 10.3 Å². The fraction of sp³-hybridized carbons (Fsp3) is 0.304. The van der Waals surface area contributed by atoms with Gasteiger partial charge >= 0.3 is 0 Å². The van der Waals surface area contributed by atoms with Crippen LogP contribution in [0.3, 0.4) is 0 Å². The minimum atomic E-state index is 0.000730. The van der Waals surface area contributed by atoms with Crippen molar-refractivity contribution in [3.8, 4) is 5.75 Å². The van der Waals surface area contributed by atoms with Gasteiger partial charge in [-0.05, 0) is 62.6 Å². The van der Waals surface area contributed by atoms with Crippen molar-refractivity contribution in [3.05, 3.63) is 70.9 Å². The highest BCUT2D eigenvalue weighted by Gasteiger charge is 2.13. The largest absolute Gasteiger partial charge is 0.491 e. The topological polar surface area (TPSA) is 51.2 Å². The van der Waals surface area contributed by atoms with Crippen LogP contribution in [0, 0.1) is 13.8 Å². The predicted molar refractivity (Wildman–Crippen MR) is 109 cm³/mol. The number of aromatic nitrogens is 1. The molecule has 0 unspecified atom stereocenters. The molecule has 0 aliphatic heterocycles. The first-order chi connectivity index (χ1) is 12.9. The minimum absolute atomic E-state index is 0.000730. The van der Waals surface area contributed by atoms with E-state index in [2.05, 4.69) is 23.3 Å². The van der Waals surface area contributed by atoms with Gasteiger partial charge in [-0.3, -0.25) is 9.78 Å². The van der Waals surface area contributed by atoms with Gasteiger partial charge in [0.25, 0.3) is 0 Å². The summed E-state index contributed by atoms with van der Waals surface area (Å²) in [7, 11) is 0. The molecule has 1 aromatic heterocycles. The summed E-state index contributed by atoms with van der Waals surface area (Å²) in [5.41, 5.74) is 5.07. The number of fused-ring (bicyclic) bond motifs is 1. The van der Waals surface area contributed by atoms with Gasteiger partial charge in [0, 0.05) is 17.6 Å². The second-order valence-corrected chi connectivity index (χ2v) is 7.08. The highest BCUT2D eigenvalue weighted by Crippen LogP contribution is 2.23. The van der Waals surface area contributed by atoms with Gasteiger partial charge in [0.2, 0.25) is 5.91 Å². The van der Waals surface area contributed by atoms with Crippen LogP contribution in [0.25, 0.3) is 10.9 Å². The molecule has 0 atom stereocenters. The lowest BCUT2D eigenvalue weighted by molar-refractivity contribution is -0.120. The maximum absolute atomic E-state index is 12.5. The third-order valence-corrected chi connectivity index (χ3v) is 4.61. The van der Waals surface area contributed by atoms with E-state index < -0.39 is 0 Å². The minimum Gasteiger partial charge on any atom is -0.491 e. The van der Waals surface area contributed by atoms with Gasteiger partial charge in [0.1, 0.15) is 5.75 Å². The Morgan fingerprint density at radius 3 is 2.48 bits per heavy atom. The van der Waals surface area contributed by atoms with E-state index in [0.29, 0.717) is 13.0 Å². The summed E-state index contributed by atoms with van der Waals surface area (Å²) >= 11 is 0. The molecule has 0 aliphatic rings. The molecule has 3 rings (SSSR count). The van der Waals surface area contributed by atoms with Crippen molar-refractivity contribution in [2.75, 3.05) is 0 Å². The second kappa shape index (κ2) is 8.21. The van der Waals surface area contributed by atoms with Crippen LogP contribution in [-0.4, -0.2) is 17.0 Å². The van der Waals surface area contributed by atoms with Gasteiger partial charge in [-0.1, -0.05) is 30.3 Å². The summed E-state index contributed by atoms with van der Waals surface area (Å²) in [4.78, 5) is 17.1. The third kappa shape index (κ3) is 4.64. The molecule has 3 aromatic rings. The second-order valence-electron chi connectivity index (χ2n) is 7.08. The average molecular weight is 362 g/mol. The molecule has 0 saturated heterocycles. The van der Waals surface area contributed by atoms with Crippen LogP contribution >= 0.6 is 0 Å². The molecule has 4 nitrogen and oxygen atoms in total. The summed E-state index contributed by atoms with van der Waals surface area (Å²) in [6.07, 6.45) is 0.488. The van der Waals surface area contributed by atoms with E-state index in [-0.39, 0.29) is 12.0 Å². The van der Waals surface area contributed by atoms with E-state index in [1.807, 2.05) is 63.2 Å². The number of pyridine rings is 1. The number of hydrogen-bond acceptors (Lipinski definition) is 3. The molecular formula is C23H26N2O2. The van der Waals surface area contributed by atoms with Crippen molar-refractivity contribution in [2.24, 2.45) is 0 Å². The summed E-state index contributed by atoms with van der Waals surface area (Å²) in [5, 5.41) is 4.11. The van der Waals surface area contributed by atoms with Gasteiger partial charge in [-0.2, -0.15) is 0 Å². The normalized spacial score (nSPS) is 11.0. The molecule has 1 amide bonds. The maximum Gasteiger partial charge on any atom is 0.224 e. The standard InChI is InChI=1S/C23H26N2O2/c1-15(2)27-19-11-9-18(10-12-19)14-24-23(26)13-21-16(3)20-7-5-6-8-22(20)25-17(21)4/h5-12,15H,13-14H2,1-4H3,(H,24,26). The number of aryl methyl sites for hydroxylation is 2. The van der Waals surface area contributed by atoms with Gasteiger partial charge in [-0.25, -0.2) is 0 Å². The molecule has 0 fully saturated rings. The van der Waals surface area contributed by atoms with Crippen molar-refractivity contribution in [3.63, 3.8) is 0 Å². The molecule has 1 heterocycles. The summed E-state index contributed by atoms with van der Waals surface area (Å²) in [6.45, 7) is 8.53. The zero-order chi connectivity index (χ0) is 19.4. The number of rotatable bonds is 6. The van der Waals surface area contributed by atoms with E-state index >= 15 is 0 Å². The van der Waals surface area contributed by atoms with Crippen LogP contribution in [0.5, 0.6) is 5.75 Å². The summed E-state index contributed by atoms with van der Waals surface area (Å²) < 4.78 is 5.64. The predicted octanol–water partition coefficient (Wildman–Crippen LogP) is 4.50. The lowest BCUT2D eigenvalue weighted by Crippen LogP contribution is -2.25. The highest BCUT2D eigenvalue weighted by atomic mass is 16.5.